The van der Waals surface area contributed by atoms with E-state index < -0.39 is 0 Å². The smallest absolute Gasteiger partial charge is 0.257 e. The molecule has 1 amide bonds. The molecule has 0 spiro atoms. The third-order valence-electron chi connectivity index (χ3n) is 3.07. The van der Waals surface area contributed by atoms with E-state index in [2.05, 4.69) is 15.6 Å². The molecule has 1 saturated carbocycles. The zero-order chi connectivity index (χ0) is 13.9. The monoisotopic (exact) mass is 287 g/mol. The van der Waals surface area contributed by atoms with Crippen molar-refractivity contribution in [1.29, 1.82) is 0 Å². The lowest BCUT2D eigenvalue weighted by Crippen LogP contribution is -2.12. The third-order valence-corrected chi connectivity index (χ3v) is 3.40. The quantitative estimate of drug-likeness (QED) is 0.904. The molecule has 1 aliphatic carbocycles. The number of carbonyl (C=O) groups is 1. The van der Waals surface area contributed by atoms with Gasteiger partial charge in [-0.3, -0.25) is 4.79 Å². The van der Waals surface area contributed by atoms with Gasteiger partial charge in [0.1, 0.15) is 5.82 Å². The normalized spacial score (nSPS) is 13.8. The van der Waals surface area contributed by atoms with Crippen LogP contribution in [0.4, 0.5) is 11.5 Å². The van der Waals surface area contributed by atoms with Gasteiger partial charge in [-0.05, 0) is 37.1 Å². The van der Waals surface area contributed by atoms with E-state index in [9.17, 15) is 4.79 Å². The van der Waals surface area contributed by atoms with Gasteiger partial charge < -0.3 is 10.6 Å². The van der Waals surface area contributed by atoms with Gasteiger partial charge in [-0.15, -0.1) is 0 Å². The molecule has 1 aromatic heterocycles. The van der Waals surface area contributed by atoms with Crippen LogP contribution in [0.3, 0.4) is 0 Å². The number of hydrogen-bond acceptors (Lipinski definition) is 3. The Bertz CT molecular complexity index is 623. The second-order valence-corrected chi connectivity index (χ2v) is 5.19. The first kappa shape index (κ1) is 12.9. The molecule has 1 heterocycles. The molecule has 5 heteroatoms. The lowest BCUT2D eigenvalue weighted by molar-refractivity contribution is 0.102. The predicted molar refractivity (Wildman–Crippen MR) is 80.3 cm³/mol. The zero-order valence-electron chi connectivity index (χ0n) is 10.8. The summed E-state index contributed by atoms with van der Waals surface area (Å²) in [5, 5.41) is 6.51. The number of pyridine rings is 1. The lowest BCUT2D eigenvalue weighted by atomic mass is 10.2. The minimum absolute atomic E-state index is 0.236. The Labute approximate surface area is 122 Å². The van der Waals surface area contributed by atoms with Gasteiger partial charge in [0.15, 0.2) is 0 Å². The van der Waals surface area contributed by atoms with Gasteiger partial charge in [-0.2, -0.15) is 0 Å². The zero-order valence-corrected chi connectivity index (χ0v) is 11.5. The van der Waals surface area contributed by atoms with Crippen molar-refractivity contribution < 1.29 is 4.79 Å². The van der Waals surface area contributed by atoms with Crippen molar-refractivity contribution >= 4 is 29.0 Å². The molecule has 0 atom stereocenters. The Morgan fingerprint density at radius 2 is 2.00 bits per heavy atom. The molecule has 102 valence electrons. The summed E-state index contributed by atoms with van der Waals surface area (Å²) in [7, 11) is 0. The molecule has 4 nitrogen and oxygen atoms in total. The van der Waals surface area contributed by atoms with Gasteiger partial charge in [-0.25, -0.2) is 4.98 Å². The maximum absolute atomic E-state index is 12.1. The number of nitrogens with zero attached hydrogens (tertiary/aromatic N) is 1. The van der Waals surface area contributed by atoms with Crippen molar-refractivity contribution in [3.63, 3.8) is 0 Å². The van der Waals surface area contributed by atoms with Crippen LogP contribution in [-0.2, 0) is 0 Å². The van der Waals surface area contributed by atoms with Gasteiger partial charge in [-0.1, -0.05) is 23.7 Å². The second-order valence-electron chi connectivity index (χ2n) is 4.78. The topological polar surface area (TPSA) is 54.0 Å². The molecule has 2 aromatic rings. The third kappa shape index (κ3) is 3.08. The Balaban J connectivity index is 1.67. The number of nitrogens with one attached hydrogen (secondary N) is 2. The average Bonchev–Trinajstić information content (AvgIpc) is 3.25. The molecule has 0 bridgehead atoms. The maximum atomic E-state index is 12.1. The van der Waals surface area contributed by atoms with E-state index in [1.165, 1.54) is 12.8 Å². The molecule has 0 saturated heterocycles. The molecular weight excluding hydrogens is 274 g/mol. The number of aromatic nitrogens is 1. The first-order valence-electron chi connectivity index (χ1n) is 6.51. The summed E-state index contributed by atoms with van der Waals surface area (Å²) in [6, 6.07) is 11.2. The van der Waals surface area contributed by atoms with Gasteiger partial charge in [0.2, 0.25) is 0 Å². The van der Waals surface area contributed by atoms with Gasteiger partial charge in [0, 0.05) is 6.04 Å². The number of benzene rings is 1. The summed E-state index contributed by atoms with van der Waals surface area (Å²) >= 11 is 5.99. The maximum Gasteiger partial charge on any atom is 0.257 e. The Kier molecular flexibility index (Phi) is 3.56. The van der Waals surface area contributed by atoms with Crippen molar-refractivity contribution in [3.8, 4) is 0 Å². The van der Waals surface area contributed by atoms with Gasteiger partial charge >= 0.3 is 0 Å². The number of halogens is 1. The lowest BCUT2D eigenvalue weighted by Gasteiger charge is -2.08. The van der Waals surface area contributed by atoms with E-state index in [4.69, 9.17) is 11.6 Å². The summed E-state index contributed by atoms with van der Waals surface area (Å²) in [6.07, 6.45) is 4.04. The van der Waals surface area contributed by atoms with E-state index >= 15 is 0 Å². The van der Waals surface area contributed by atoms with Crippen molar-refractivity contribution in [1.82, 2.24) is 4.98 Å². The van der Waals surface area contributed by atoms with Crippen LogP contribution in [0, 0.1) is 0 Å². The van der Waals surface area contributed by atoms with E-state index in [1.807, 2.05) is 12.1 Å². The summed E-state index contributed by atoms with van der Waals surface area (Å²) in [5.41, 5.74) is 1.10. The van der Waals surface area contributed by atoms with Crippen molar-refractivity contribution in [2.24, 2.45) is 0 Å². The Morgan fingerprint density at radius 3 is 2.65 bits per heavy atom. The number of anilines is 2. The van der Waals surface area contributed by atoms with Crippen LogP contribution in [0.1, 0.15) is 23.2 Å². The van der Waals surface area contributed by atoms with Crippen LogP contribution in [0.2, 0.25) is 5.02 Å². The molecule has 1 fully saturated rings. The predicted octanol–water partition coefficient (Wildman–Crippen LogP) is 3.56. The fourth-order valence-electron chi connectivity index (χ4n) is 1.83. The number of amides is 1. The van der Waals surface area contributed by atoms with Gasteiger partial charge in [0.25, 0.3) is 5.91 Å². The molecule has 2 N–H and O–H groups in total. The molecule has 1 aromatic carbocycles. The van der Waals surface area contributed by atoms with Crippen LogP contribution in [0.5, 0.6) is 0 Å². The number of carbonyl (C=O) groups excluding carboxylic acids is 1. The first-order valence-corrected chi connectivity index (χ1v) is 6.88. The Hall–Kier alpha value is -2.07. The van der Waals surface area contributed by atoms with E-state index in [-0.39, 0.29) is 5.91 Å². The van der Waals surface area contributed by atoms with E-state index in [1.54, 1.807) is 30.5 Å². The first-order chi connectivity index (χ1) is 9.72. The summed E-state index contributed by atoms with van der Waals surface area (Å²) in [5.74, 6) is 0.601. The molecule has 0 aliphatic heterocycles. The van der Waals surface area contributed by atoms with Crippen LogP contribution < -0.4 is 10.6 Å². The molecular formula is C15H14ClN3O. The largest absolute Gasteiger partial charge is 0.367 e. The summed E-state index contributed by atoms with van der Waals surface area (Å²) < 4.78 is 0. The minimum atomic E-state index is -0.236. The highest BCUT2D eigenvalue weighted by Gasteiger charge is 2.21. The number of rotatable bonds is 4. The molecule has 20 heavy (non-hydrogen) atoms. The molecule has 0 unspecified atom stereocenters. The fourth-order valence-corrected chi connectivity index (χ4v) is 2.06. The van der Waals surface area contributed by atoms with Crippen molar-refractivity contribution in [3.05, 3.63) is 53.2 Å². The minimum Gasteiger partial charge on any atom is -0.367 e. The summed E-state index contributed by atoms with van der Waals surface area (Å²) in [6.45, 7) is 0. The van der Waals surface area contributed by atoms with Crippen LogP contribution in [-0.4, -0.2) is 16.9 Å². The average molecular weight is 288 g/mol. The van der Waals surface area contributed by atoms with Crippen molar-refractivity contribution in [2.45, 2.75) is 18.9 Å². The van der Waals surface area contributed by atoms with Crippen LogP contribution in [0.25, 0.3) is 0 Å². The van der Waals surface area contributed by atoms with Gasteiger partial charge in [0.05, 0.1) is 22.5 Å². The highest BCUT2D eigenvalue weighted by molar-refractivity contribution is 6.34. The van der Waals surface area contributed by atoms with Crippen LogP contribution >= 0.6 is 11.6 Å². The van der Waals surface area contributed by atoms with E-state index in [0.717, 1.165) is 5.82 Å². The Morgan fingerprint density at radius 1 is 1.20 bits per heavy atom. The molecule has 1 aliphatic rings. The van der Waals surface area contributed by atoms with Crippen LogP contribution in [0.15, 0.2) is 42.6 Å². The summed E-state index contributed by atoms with van der Waals surface area (Å²) in [4.78, 5) is 16.3. The van der Waals surface area contributed by atoms with E-state index in [0.29, 0.717) is 22.3 Å². The molecule has 3 rings (SSSR count). The molecule has 0 radical (unpaired) electrons. The number of hydrogen-bond donors (Lipinski definition) is 2. The fraction of sp³-hybridized carbons (Fsp3) is 0.200. The highest BCUT2D eigenvalue weighted by atomic mass is 35.5. The standard InChI is InChI=1S/C15H14ClN3O/c16-13-4-2-1-3-12(13)15(20)19-11-7-8-14(17-9-11)18-10-5-6-10/h1-4,7-10H,5-6H2,(H,17,18)(H,19,20). The second kappa shape index (κ2) is 5.51. The SMILES string of the molecule is O=C(Nc1ccc(NC2CC2)nc1)c1ccccc1Cl. The van der Waals surface area contributed by atoms with Crippen molar-refractivity contribution in [2.75, 3.05) is 10.6 Å². The highest BCUT2D eigenvalue weighted by Crippen LogP contribution is 2.24.